The first kappa shape index (κ1) is 13.2. The predicted molar refractivity (Wildman–Crippen MR) is 66.8 cm³/mol. The maximum absolute atomic E-state index is 12.4. The van der Waals surface area contributed by atoms with E-state index in [4.69, 9.17) is 5.26 Å². The first-order chi connectivity index (χ1) is 9.00. The molecule has 0 N–H and O–H groups in total. The van der Waals surface area contributed by atoms with E-state index >= 15 is 0 Å². The Bertz CT molecular complexity index is 571. The molecule has 0 atom stereocenters. The first-order valence-electron chi connectivity index (χ1n) is 5.65. The summed E-state index contributed by atoms with van der Waals surface area (Å²) < 4.78 is 37.3. The molecule has 0 spiro atoms. The smallest absolute Gasteiger partial charge is 0.192 e. The quantitative estimate of drug-likeness (QED) is 0.726. The molecule has 1 nitrogen and oxygen atoms in total. The molecule has 0 aromatic heterocycles. The van der Waals surface area contributed by atoms with Crippen LogP contribution in [0.2, 0.25) is 0 Å². The molecule has 0 aliphatic heterocycles. The van der Waals surface area contributed by atoms with Gasteiger partial charge in [-0.3, -0.25) is 0 Å². The zero-order valence-corrected chi connectivity index (χ0v) is 9.85. The highest BCUT2D eigenvalue weighted by molar-refractivity contribution is 5.77. The van der Waals surface area contributed by atoms with E-state index in [-0.39, 0.29) is 5.92 Å². The molecule has 19 heavy (non-hydrogen) atoms. The lowest BCUT2D eigenvalue weighted by Gasteiger charge is -2.07. The minimum atomic E-state index is -4.36. The van der Waals surface area contributed by atoms with Crippen LogP contribution in [0.5, 0.6) is 0 Å². The predicted octanol–water partition coefficient (Wildman–Crippen LogP) is 4.35. The highest BCUT2D eigenvalue weighted by Gasteiger charge is 2.30. The summed E-state index contributed by atoms with van der Waals surface area (Å²) in [5.41, 5.74) is 0.147. The molecule has 1 aliphatic rings. The maximum Gasteiger partial charge on any atom is 0.416 e. The molecule has 1 aromatic rings. The Kier molecular flexibility index (Phi) is 3.57. The summed E-state index contributed by atoms with van der Waals surface area (Å²) in [5.74, 6) is 0.0249. The topological polar surface area (TPSA) is 23.8 Å². The highest BCUT2D eigenvalue weighted by atomic mass is 19.4. The van der Waals surface area contributed by atoms with Gasteiger partial charge in [0.15, 0.2) is 0 Å². The van der Waals surface area contributed by atoms with Gasteiger partial charge in [0.2, 0.25) is 0 Å². The second-order valence-corrected chi connectivity index (χ2v) is 4.11. The van der Waals surface area contributed by atoms with Crippen molar-refractivity contribution in [3.8, 4) is 6.07 Å². The van der Waals surface area contributed by atoms with E-state index in [1.807, 2.05) is 30.4 Å². The standard InChI is InChI=1S/C15H10F3N/c16-15(17,18)14-7-5-12(6-8-14)13(10-19)9-11-3-1-2-4-11/h1-9,11H/b13-9-. The van der Waals surface area contributed by atoms with E-state index in [9.17, 15) is 13.2 Å². The molecule has 1 aromatic carbocycles. The van der Waals surface area contributed by atoms with Crippen LogP contribution in [0.1, 0.15) is 11.1 Å². The lowest BCUT2D eigenvalue weighted by Crippen LogP contribution is -2.04. The van der Waals surface area contributed by atoms with E-state index in [1.54, 1.807) is 6.08 Å². The van der Waals surface area contributed by atoms with E-state index in [2.05, 4.69) is 0 Å². The Balaban J connectivity index is 2.28. The van der Waals surface area contributed by atoms with Crippen molar-refractivity contribution in [1.82, 2.24) is 0 Å². The molecule has 1 aliphatic carbocycles. The summed E-state index contributed by atoms with van der Waals surface area (Å²) >= 11 is 0. The van der Waals surface area contributed by atoms with Gasteiger partial charge in [-0.25, -0.2) is 0 Å². The molecule has 0 heterocycles. The number of hydrogen-bond acceptors (Lipinski definition) is 1. The Morgan fingerprint density at radius 2 is 1.68 bits per heavy atom. The van der Waals surface area contributed by atoms with Gasteiger partial charge in [-0.05, 0) is 17.7 Å². The third-order valence-electron chi connectivity index (χ3n) is 2.78. The van der Waals surface area contributed by atoms with Crippen LogP contribution >= 0.6 is 0 Å². The summed E-state index contributed by atoms with van der Waals surface area (Å²) in [6.07, 6.45) is 4.91. The van der Waals surface area contributed by atoms with Gasteiger partial charge in [-0.15, -0.1) is 0 Å². The number of benzene rings is 1. The molecule has 0 saturated carbocycles. The number of nitrogens with zero attached hydrogens (tertiary/aromatic N) is 1. The third-order valence-corrected chi connectivity index (χ3v) is 2.78. The van der Waals surface area contributed by atoms with Crippen LogP contribution in [0.15, 0.2) is 54.6 Å². The number of alkyl halides is 3. The fourth-order valence-corrected chi connectivity index (χ4v) is 1.79. The normalized spacial score (nSPS) is 15.8. The van der Waals surface area contributed by atoms with Gasteiger partial charge in [0, 0.05) is 5.92 Å². The van der Waals surface area contributed by atoms with Gasteiger partial charge in [0.25, 0.3) is 0 Å². The molecule has 96 valence electrons. The number of rotatable bonds is 2. The Morgan fingerprint density at radius 3 is 2.16 bits per heavy atom. The number of hydrogen-bond donors (Lipinski definition) is 0. The van der Waals surface area contributed by atoms with E-state index in [1.165, 1.54) is 12.1 Å². The zero-order valence-electron chi connectivity index (χ0n) is 9.85. The lowest BCUT2D eigenvalue weighted by molar-refractivity contribution is -0.137. The Morgan fingerprint density at radius 1 is 1.11 bits per heavy atom. The largest absolute Gasteiger partial charge is 0.416 e. The number of nitriles is 1. The zero-order chi connectivity index (χ0) is 13.9. The van der Waals surface area contributed by atoms with Gasteiger partial charge in [-0.1, -0.05) is 42.5 Å². The molecule has 0 radical (unpaired) electrons. The molecule has 2 rings (SSSR count). The minimum Gasteiger partial charge on any atom is -0.192 e. The van der Waals surface area contributed by atoms with Crippen LogP contribution in [0.4, 0.5) is 13.2 Å². The van der Waals surface area contributed by atoms with Crippen molar-refractivity contribution < 1.29 is 13.2 Å². The average molecular weight is 261 g/mol. The molecule has 0 saturated heterocycles. The molecule has 0 amide bonds. The van der Waals surface area contributed by atoms with Gasteiger partial charge in [-0.2, -0.15) is 18.4 Å². The van der Waals surface area contributed by atoms with Crippen molar-refractivity contribution in [3.63, 3.8) is 0 Å². The summed E-state index contributed by atoms with van der Waals surface area (Å²) in [5, 5.41) is 9.08. The lowest BCUT2D eigenvalue weighted by atomic mass is 10.0. The summed E-state index contributed by atoms with van der Waals surface area (Å²) in [7, 11) is 0. The maximum atomic E-state index is 12.4. The van der Waals surface area contributed by atoms with Crippen LogP contribution in [0.3, 0.4) is 0 Å². The SMILES string of the molecule is N#C/C(=C/C1C=CC=C1)c1ccc(C(F)(F)F)cc1. The summed E-state index contributed by atoms with van der Waals surface area (Å²) in [6, 6.07) is 6.63. The van der Waals surface area contributed by atoms with Gasteiger partial charge in [0.05, 0.1) is 17.2 Å². The van der Waals surface area contributed by atoms with Crippen molar-refractivity contribution in [2.45, 2.75) is 6.18 Å². The molecular weight excluding hydrogens is 251 g/mol. The van der Waals surface area contributed by atoms with Crippen molar-refractivity contribution >= 4 is 5.57 Å². The van der Waals surface area contributed by atoms with Gasteiger partial charge in [0.1, 0.15) is 0 Å². The van der Waals surface area contributed by atoms with Crippen molar-refractivity contribution in [3.05, 3.63) is 65.8 Å². The average Bonchev–Trinajstić information content (AvgIpc) is 2.88. The fourth-order valence-electron chi connectivity index (χ4n) is 1.79. The molecule has 0 fully saturated rings. The molecule has 0 unspecified atom stereocenters. The van der Waals surface area contributed by atoms with Crippen LogP contribution in [-0.2, 0) is 6.18 Å². The second-order valence-electron chi connectivity index (χ2n) is 4.11. The van der Waals surface area contributed by atoms with E-state index in [0.29, 0.717) is 11.1 Å². The molecular formula is C15H10F3N. The number of halogens is 3. The minimum absolute atomic E-state index is 0.0249. The van der Waals surface area contributed by atoms with Crippen LogP contribution in [0, 0.1) is 17.2 Å². The first-order valence-corrected chi connectivity index (χ1v) is 5.65. The second kappa shape index (κ2) is 5.15. The fraction of sp³-hybridized carbons (Fsp3) is 0.133. The summed E-state index contributed by atoms with van der Waals surface area (Å²) in [4.78, 5) is 0. The van der Waals surface area contributed by atoms with Gasteiger partial charge >= 0.3 is 6.18 Å². The number of allylic oxidation sites excluding steroid dienone is 6. The van der Waals surface area contributed by atoms with E-state index in [0.717, 1.165) is 12.1 Å². The highest BCUT2D eigenvalue weighted by Crippen LogP contribution is 2.30. The van der Waals surface area contributed by atoms with Crippen LogP contribution in [-0.4, -0.2) is 0 Å². The van der Waals surface area contributed by atoms with Crippen LogP contribution in [0.25, 0.3) is 5.57 Å². The Hall–Kier alpha value is -2.28. The third kappa shape index (κ3) is 3.14. The van der Waals surface area contributed by atoms with Gasteiger partial charge < -0.3 is 0 Å². The molecule has 4 heteroatoms. The molecule has 0 bridgehead atoms. The van der Waals surface area contributed by atoms with Crippen LogP contribution < -0.4 is 0 Å². The van der Waals surface area contributed by atoms with Crippen molar-refractivity contribution in [1.29, 1.82) is 5.26 Å². The van der Waals surface area contributed by atoms with E-state index < -0.39 is 11.7 Å². The summed E-state index contributed by atoms with van der Waals surface area (Å²) in [6.45, 7) is 0. The monoisotopic (exact) mass is 261 g/mol. The van der Waals surface area contributed by atoms with Crippen molar-refractivity contribution in [2.24, 2.45) is 5.92 Å². The Labute approximate surface area is 109 Å². The van der Waals surface area contributed by atoms with Crippen molar-refractivity contribution in [2.75, 3.05) is 0 Å².